The molecule has 0 spiro atoms. The second-order valence-electron chi connectivity index (χ2n) is 6.38. The molecule has 0 heterocycles. The van der Waals surface area contributed by atoms with Gasteiger partial charge in [0.1, 0.15) is 5.54 Å². The Morgan fingerprint density at radius 1 is 1.15 bits per heavy atom. The van der Waals surface area contributed by atoms with Crippen LogP contribution < -0.4 is 11.1 Å². The minimum absolute atomic E-state index is 0.0573. The van der Waals surface area contributed by atoms with Crippen molar-refractivity contribution >= 4 is 11.7 Å². The largest absolute Gasteiger partial charge is 0.409 e. The second kappa shape index (κ2) is 6.95. The molecule has 2 aliphatic carbocycles. The first-order valence-corrected chi connectivity index (χ1v) is 7.95. The fraction of sp³-hybridized carbons (Fsp3) is 0.867. The summed E-state index contributed by atoms with van der Waals surface area (Å²) in [6.45, 7) is 0. The third kappa shape index (κ3) is 3.64. The van der Waals surface area contributed by atoms with Gasteiger partial charge in [0.05, 0.1) is 0 Å². The number of carbonyl (C=O) groups excluding carboxylic acids is 1. The number of hydrogen-bond donors (Lipinski definition) is 3. The van der Waals surface area contributed by atoms with Crippen LogP contribution in [0, 0.1) is 5.92 Å². The Balaban J connectivity index is 2.02. The SMILES string of the molecule is NC(=NO)C1(NC(=O)CC2CCC2)CCCCCCC1. The van der Waals surface area contributed by atoms with Crippen molar-refractivity contribution in [2.75, 3.05) is 0 Å². The minimum Gasteiger partial charge on any atom is -0.409 e. The average molecular weight is 281 g/mol. The van der Waals surface area contributed by atoms with E-state index in [-0.39, 0.29) is 11.7 Å². The van der Waals surface area contributed by atoms with Gasteiger partial charge in [0.25, 0.3) is 0 Å². The highest BCUT2D eigenvalue weighted by Gasteiger charge is 2.37. The molecule has 2 fully saturated rings. The van der Waals surface area contributed by atoms with E-state index in [0.717, 1.165) is 51.4 Å². The summed E-state index contributed by atoms with van der Waals surface area (Å²) in [6.07, 6.45) is 11.3. The van der Waals surface area contributed by atoms with Gasteiger partial charge in [-0.3, -0.25) is 4.79 Å². The summed E-state index contributed by atoms with van der Waals surface area (Å²) in [5.74, 6) is 0.760. The Hall–Kier alpha value is -1.26. The standard InChI is InChI=1S/C15H27N3O2/c16-14(18-20)15(9-4-2-1-3-5-10-15)17-13(19)11-12-7-6-8-12/h12,20H,1-11H2,(H2,16,18)(H,17,19). The number of nitrogens with two attached hydrogens (primary N) is 1. The van der Waals surface area contributed by atoms with Crippen LogP contribution in [0.25, 0.3) is 0 Å². The number of amidine groups is 1. The quantitative estimate of drug-likeness (QED) is 0.320. The number of carbonyl (C=O) groups is 1. The van der Waals surface area contributed by atoms with E-state index in [9.17, 15) is 4.79 Å². The molecule has 0 radical (unpaired) electrons. The Kier molecular flexibility index (Phi) is 5.26. The van der Waals surface area contributed by atoms with Crippen molar-refractivity contribution in [1.29, 1.82) is 0 Å². The van der Waals surface area contributed by atoms with Gasteiger partial charge in [-0.25, -0.2) is 0 Å². The van der Waals surface area contributed by atoms with Crippen LogP contribution in [0.2, 0.25) is 0 Å². The highest BCUT2D eigenvalue weighted by molar-refractivity contribution is 5.94. The molecule has 114 valence electrons. The van der Waals surface area contributed by atoms with Gasteiger partial charge in [-0.15, -0.1) is 0 Å². The first-order valence-electron chi connectivity index (χ1n) is 7.95. The summed E-state index contributed by atoms with van der Waals surface area (Å²) in [4.78, 5) is 12.2. The summed E-state index contributed by atoms with van der Waals surface area (Å²) in [5, 5.41) is 15.4. The Bertz CT molecular complexity index is 356. The maximum absolute atomic E-state index is 12.2. The molecule has 0 aliphatic heterocycles. The topological polar surface area (TPSA) is 87.7 Å². The van der Waals surface area contributed by atoms with Crippen molar-refractivity contribution < 1.29 is 10.0 Å². The van der Waals surface area contributed by atoms with Crippen molar-refractivity contribution in [2.24, 2.45) is 16.8 Å². The maximum atomic E-state index is 12.2. The Labute approximate surface area is 121 Å². The smallest absolute Gasteiger partial charge is 0.221 e. The lowest BCUT2D eigenvalue weighted by Gasteiger charge is -2.36. The normalized spacial score (nSPS) is 24.3. The van der Waals surface area contributed by atoms with E-state index < -0.39 is 5.54 Å². The molecule has 1 amide bonds. The van der Waals surface area contributed by atoms with Gasteiger partial charge in [-0.1, -0.05) is 43.7 Å². The highest BCUT2D eigenvalue weighted by atomic mass is 16.4. The summed E-state index contributed by atoms with van der Waals surface area (Å²) < 4.78 is 0. The molecule has 5 heteroatoms. The number of nitrogens with one attached hydrogen (secondary N) is 1. The summed E-state index contributed by atoms with van der Waals surface area (Å²) in [5.41, 5.74) is 5.29. The van der Waals surface area contributed by atoms with Crippen LogP contribution in [0.3, 0.4) is 0 Å². The van der Waals surface area contributed by atoms with Crippen molar-refractivity contribution in [2.45, 2.75) is 76.2 Å². The molecule has 2 aliphatic rings. The number of oxime groups is 1. The summed E-state index contributed by atoms with van der Waals surface area (Å²) in [7, 11) is 0. The van der Waals surface area contributed by atoms with Crippen LogP contribution in [0.15, 0.2) is 5.16 Å². The Morgan fingerprint density at radius 2 is 1.75 bits per heavy atom. The zero-order chi connectivity index (χ0) is 14.4. The number of amides is 1. The predicted molar refractivity (Wildman–Crippen MR) is 78.6 cm³/mol. The molecule has 0 aromatic rings. The van der Waals surface area contributed by atoms with Crippen LogP contribution >= 0.6 is 0 Å². The molecule has 0 unspecified atom stereocenters. The maximum Gasteiger partial charge on any atom is 0.221 e. The van der Waals surface area contributed by atoms with Gasteiger partial charge in [0.15, 0.2) is 5.84 Å². The monoisotopic (exact) mass is 281 g/mol. The molecule has 20 heavy (non-hydrogen) atoms. The third-order valence-corrected chi connectivity index (χ3v) is 4.88. The van der Waals surface area contributed by atoms with E-state index in [1.54, 1.807) is 0 Å². The molecule has 0 atom stereocenters. The van der Waals surface area contributed by atoms with E-state index in [2.05, 4.69) is 10.5 Å². The minimum atomic E-state index is -0.629. The van der Waals surface area contributed by atoms with E-state index in [1.807, 2.05) is 0 Å². The first-order chi connectivity index (χ1) is 9.66. The van der Waals surface area contributed by atoms with Crippen LogP contribution in [-0.2, 0) is 4.79 Å². The van der Waals surface area contributed by atoms with Crippen molar-refractivity contribution in [3.05, 3.63) is 0 Å². The highest BCUT2D eigenvalue weighted by Crippen LogP contribution is 2.31. The van der Waals surface area contributed by atoms with E-state index in [0.29, 0.717) is 12.3 Å². The zero-order valence-corrected chi connectivity index (χ0v) is 12.2. The van der Waals surface area contributed by atoms with E-state index in [4.69, 9.17) is 10.9 Å². The van der Waals surface area contributed by atoms with Crippen LogP contribution in [-0.4, -0.2) is 22.5 Å². The summed E-state index contributed by atoms with van der Waals surface area (Å²) >= 11 is 0. The molecule has 0 saturated heterocycles. The molecule has 0 aromatic carbocycles. The molecule has 4 N–H and O–H groups in total. The number of hydrogen-bond acceptors (Lipinski definition) is 3. The molecule has 2 rings (SSSR count). The van der Waals surface area contributed by atoms with Crippen LogP contribution in [0.1, 0.15) is 70.6 Å². The van der Waals surface area contributed by atoms with Gasteiger partial charge in [-0.05, 0) is 31.6 Å². The lowest BCUT2D eigenvalue weighted by Crippen LogP contribution is -2.58. The van der Waals surface area contributed by atoms with Crippen molar-refractivity contribution in [3.8, 4) is 0 Å². The van der Waals surface area contributed by atoms with Gasteiger partial charge in [0.2, 0.25) is 5.91 Å². The van der Waals surface area contributed by atoms with Crippen molar-refractivity contribution in [3.63, 3.8) is 0 Å². The lowest BCUT2D eigenvalue weighted by molar-refractivity contribution is -0.124. The van der Waals surface area contributed by atoms with E-state index in [1.165, 1.54) is 12.8 Å². The predicted octanol–water partition coefficient (Wildman–Crippen LogP) is 2.52. The molecule has 0 bridgehead atoms. The molecule has 2 saturated carbocycles. The van der Waals surface area contributed by atoms with Gasteiger partial charge in [0, 0.05) is 6.42 Å². The lowest BCUT2D eigenvalue weighted by atomic mass is 9.80. The Morgan fingerprint density at radius 3 is 2.25 bits per heavy atom. The number of nitrogens with zero attached hydrogens (tertiary/aromatic N) is 1. The van der Waals surface area contributed by atoms with Crippen LogP contribution in [0.4, 0.5) is 0 Å². The van der Waals surface area contributed by atoms with Gasteiger partial charge < -0.3 is 16.3 Å². The van der Waals surface area contributed by atoms with Gasteiger partial charge >= 0.3 is 0 Å². The zero-order valence-electron chi connectivity index (χ0n) is 12.2. The number of rotatable bonds is 4. The molecular weight excluding hydrogens is 254 g/mol. The van der Waals surface area contributed by atoms with Crippen LogP contribution in [0.5, 0.6) is 0 Å². The average Bonchev–Trinajstić information content (AvgIpc) is 2.36. The van der Waals surface area contributed by atoms with Crippen molar-refractivity contribution in [1.82, 2.24) is 5.32 Å². The van der Waals surface area contributed by atoms with E-state index >= 15 is 0 Å². The molecular formula is C15H27N3O2. The van der Waals surface area contributed by atoms with Gasteiger partial charge in [-0.2, -0.15) is 0 Å². The summed E-state index contributed by atoms with van der Waals surface area (Å²) in [6, 6.07) is 0. The first kappa shape index (κ1) is 15.1. The fourth-order valence-electron chi connectivity index (χ4n) is 3.33. The second-order valence-corrected chi connectivity index (χ2v) is 6.38. The molecule has 0 aromatic heterocycles. The molecule has 5 nitrogen and oxygen atoms in total. The fourth-order valence-corrected chi connectivity index (χ4v) is 3.33. The third-order valence-electron chi connectivity index (χ3n) is 4.88.